The molecule has 5 heterocycles. The molecule has 3 N–H and O–H groups in total. The van der Waals surface area contributed by atoms with Crippen molar-refractivity contribution in [2.24, 2.45) is 10.4 Å². The number of nitrogens with zero attached hydrogens (tertiary/aromatic N) is 7. The number of benzene rings is 3. The van der Waals surface area contributed by atoms with Crippen LogP contribution in [0.2, 0.25) is 0 Å². The van der Waals surface area contributed by atoms with Crippen molar-refractivity contribution in [2.75, 3.05) is 13.2 Å². The van der Waals surface area contributed by atoms with E-state index in [-0.39, 0.29) is 36.4 Å². The molecule has 0 aliphatic carbocycles. The average Bonchev–Trinajstić information content (AvgIpc) is 4.06. The van der Waals surface area contributed by atoms with E-state index in [0.717, 1.165) is 66.3 Å². The number of aliphatic hydroxyl groups excluding tert-OH is 1. The first kappa shape index (κ1) is 46.0. The highest BCUT2D eigenvalue weighted by Gasteiger charge is 2.45. The molecule has 0 radical (unpaired) electrons. The number of thiophene rings is 1. The highest BCUT2D eigenvalue weighted by molar-refractivity contribution is 7.15. The van der Waals surface area contributed by atoms with Gasteiger partial charge in [0.05, 0.1) is 39.5 Å². The molecule has 2 aliphatic rings. The predicted octanol–water partition coefficient (Wildman–Crippen LogP) is 7.89. The quantitative estimate of drug-likeness (QED) is 0.116. The molecule has 0 bridgehead atoms. The monoisotopic (exact) mass is 923 g/mol. The van der Waals surface area contributed by atoms with Gasteiger partial charge in [0.1, 0.15) is 40.8 Å². The van der Waals surface area contributed by atoms with Gasteiger partial charge in [-0.25, -0.2) is 4.98 Å². The second-order valence-electron chi connectivity index (χ2n) is 18.1. The summed E-state index contributed by atoms with van der Waals surface area (Å²) in [4.78, 5) is 54.6. The van der Waals surface area contributed by atoms with Gasteiger partial charge in [-0.15, -0.1) is 32.9 Å². The van der Waals surface area contributed by atoms with Crippen LogP contribution >= 0.6 is 22.7 Å². The SMILES string of the molecule is Cc1ncsc1-c1ccc(C(C)NC(=O)[C@@H]2C[C@@H](O)CN2C(=O)C(NC(=O)COc2ccc(-c3ccc(C4=N[C@@H](C)c5nnc(C)n5-c5sc(C)c(C)c54)cc3)cc2C#N)C(C)(C)C)cc1. The Bertz CT molecular complexity index is 2900. The summed E-state index contributed by atoms with van der Waals surface area (Å²) in [6.45, 7) is 17.0. The topological polar surface area (TPSA) is 188 Å². The van der Waals surface area contributed by atoms with Crippen LogP contribution in [0.25, 0.3) is 26.6 Å². The van der Waals surface area contributed by atoms with Gasteiger partial charge >= 0.3 is 0 Å². The van der Waals surface area contributed by atoms with Crippen molar-refractivity contribution in [3.05, 3.63) is 122 Å². The Kier molecular flexibility index (Phi) is 12.8. The van der Waals surface area contributed by atoms with Gasteiger partial charge in [0.15, 0.2) is 12.4 Å². The van der Waals surface area contributed by atoms with Gasteiger partial charge in [-0.3, -0.25) is 23.9 Å². The molecular formula is C50H53N9O5S2. The molecule has 0 saturated carbocycles. The number of aliphatic imine (C=N–C) groups is 1. The average molecular weight is 924 g/mol. The molecular weight excluding hydrogens is 871 g/mol. The van der Waals surface area contributed by atoms with Crippen LogP contribution in [-0.4, -0.2) is 84.5 Å². The number of ether oxygens (including phenoxy) is 1. The Morgan fingerprint density at radius 3 is 2.30 bits per heavy atom. The number of aryl methyl sites for hydroxylation is 3. The van der Waals surface area contributed by atoms with E-state index in [9.17, 15) is 24.8 Å². The number of hydrogen-bond donors (Lipinski definition) is 3. The predicted molar refractivity (Wildman–Crippen MR) is 256 cm³/mol. The van der Waals surface area contributed by atoms with E-state index >= 15 is 0 Å². The van der Waals surface area contributed by atoms with E-state index in [2.05, 4.69) is 50.3 Å². The molecule has 16 heteroatoms. The van der Waals surface area contributed by atoms with Crippen molar-refractivity contribution in [1.29, 1.82) is 5.26 Å². The number of likely N-dealkylation sites (tertiary alicyclic amines) is 1. The third-order valence-corrected chi connectivity index (χ3v) is 14.5. The normalized spacial score (nSPS) is 17.7. The molecule has 3 amide bonds. The summed E-state index contributed by atoms with van der Waals surface area (Å²) in [5, 5.41) is 36.6. The lowest BCUT2D eigenvalue weighted by atomic mass is 9.85. The summed E-state index contributed by atoms with van der Waals surface area (Å²) in [6.07, 6.45) is -0.850. The number of aromatic nitrogens is 4. The number of amides is 3. The molecule has 2 unspecified atom stereocenters. The highest BCUT2D eigenvalue weighted by Crippen LogP contribution is 2.39. The third-order valence-electron chi connectivity index (χ3n) is 12.4. The molecule has 1 fully saturated rings. The Labute approximate surface area is 392 Å². The van der Waals surface area contributed by atoms with Gasteiger partial charge in [0.2, 0.25) is 11.8 Å². The van der Waals surface area contributed by atoms with Crippen molar-refractivity contribution < 1.29 is 24.2 Å². The first-order valence-corrected chi connectivity index (χ1v) is 23.6. The number of rotatable bonds is 11. The molecule has 8 rings (SSSR count). The van der Waals surface area contributed by atoms with E-state index in [4.69, 9.17) is 9.73 Å². The zero-order valence-electron chi connectivity index (χ0n) is 38.5. The van der Waals surface area contributed by atoms with Crippen LogP contribution in [0, 0.1) is 44.4 Å². The molecule has 6 aromatic rings. The summed E-state index contributed by atoms with van der Waals surface area (Å²) in [6, 6.07) is 20.8. The minimum absolute atomic E-state index is 0.0546. The number of β-amino-alcohol motifs (C(OH)–C–C–N with tert-alkyl or cyclic N) is 1. The molecule has 3 aromatic carbocycles. The van der Waals surface area contributed by atoms with Crippen LogP contribution in [0.15, 0.2) is 77.2 Å². The van der Waals surface area contributed by atoms with Gasteiger partial charge in [-0.1, -0.05) is 75.4 Å². The summed E-state index contributed by atoms with van der Waals surface area (Å²) in [7, 11) is 0. The van der Waals surface area contributed by atoms with Crippen LogP contribution in [0.3, 0.4) is 0 Å². The zero-order valence-corrected chi connectivity index (χ0v) is 40.1. The summed E-state index contributed by atoms with van der Waals surface area (Å²) >= 11 is 3.28. The van der Waals surface area contributed by atoms with Crippen LogP contribution in [-0.2, 0) is 14.4 Å². The molecule has 0 spiro atoms. The van der Waals surface area contributed by atoms with Crippen LogP contribution < -0.4 is 15.4 Å². The number of thiazole rings is 1. The van der Waals surface area contributed by atoms with E-state index in [1.807, 2.05) is 109 Å². The summed E-state index contributed by atoms with van der Waals surface area (Å²) in [5.74, 6) is 0.375. The molecule has 14 nitrogen and oxygen atoms in total. The fourth-order valence-corrected chi connectivity index (χ4v) is 10.6. The Balaban J connectivity index is 0.918. The lowest BCUT2D eigenvalue weighted by Crippen LogP contribution is -2.58. The number of nitriles is 1. The molecule has 2 aliphatic heterocycles. The molecule has 5 atom stereocenters. The molecule has 3 aromatic heterocycles. The number of hydrogen-bond acceptors (Lipinski definition) is 12. The minimum Gasteiger partial charge on any atom is -0.482 e. The fourth-order valence-electron chi connectivity index (χ4n) is 8.59. The van der Waals surface area contributed by atoms with E-state index in [1.54, 1.807) is 34.8 Å². The Morgan fingerprint density at radius 1 is 0.955 bits per heavy atom. The van der Waals surface area contributed by atoms with Gasteiger partial charge in [0.25, 0.3) is 5.91 Å². The second-order valence-corrected chi connectivity index (χ2v) is 20.2. The second kappa shape index (κ2) is 18.4. The van der Waals surface area contributed by atoms with Crippen molar-refractivity contribution in [1.82, 2.24) is 35.3 Å². The van der Waals surface area contributed by atoms with E-state index in [0.29, 0.717) is 0 Å². The van der Waals surface area contributed by atoms with Gasteiger partial charge in [0, 0.05) is 29.0 Å². The number of nitrogens with one attached hydrogen (secondary N) is 2. The largest absolute Gasteiger partial charge is 0.482 e. The van der Waals surface area contributed by atoms with Crippen LogP contribution in [0.4, 0.5) is 0 Å². The van der Waals surface area contributed by atoms with Gasteiger partial charge in [-0.05, 0) is 86.9 Å². The molecule has 1 saturated heterocycles. The van der Waals surface area contributed by atoms with Crippen LogP contribution in [0.5, 0.6) is 5.75 Å². The summed E-state index contributed by atoms with van der Waals surface area (Å²) < 4.78 is 8.01. The maximum atomic E-state index is 14.2. The maximum absolute atomic E-state index is 14.2. The molecule has 340 valence electrons. The number of carbonyl (C=O) groups excluding carboxylic acids is 3. The van der Waals surface area contributed by atoms with Crippen molar-refractivity contribution in [2.45, 2.75) is 99.0 Å². The lowest BCUT2D eigenvalue weighted by molar-refractivity contribution is -0.144. The van der Waals surface area contributed by atoms with Crippen molar-refractivity contribution in [3.63, 3.8) is 0 Å². The highest BCUT2D eigenvalue weighted by atomic mass is 32.1. The minimum atomic E-state index is -1.05. The van der Waals surface area contributed by atoms with Gasteiger partial charge in [-0.2, -0.15) is 5.26 Å². The van der Waals surface area contributed by atoms with Crippen molar-refractivity contribution in [3.8, 4) is 38.4 Å². The smallest absolute Gasteiger partial charge is 0.258 e. The van der Waals surface area contributed by atoms with Gasteiger partial charge < -0.3 is 25.4 Å². The first-order valence-electron chi connectivity index (χ1n) is 21.9. The third kappa shape index (κ3) is 9.03. The number of aliphatic hydroxyl groups is 1. The van der Waals surface area contributed by atoms with Crippen LogP contribution in [0.1, 0.15) is 103 Å². The Hall–Kier alpha value is -6.54. The fraction of sp³-hybridized carbons (Fsp3) is 0.360. The summed E-state index contributed by atoms with van der Waals surface area (Å²) in [5.41, 5.74) is 9.91. The standard InChI is InChI=1S/C50H53N9O5S2/c1-26-30(5)66-49-42(26)43(53-29(4)46-57-56-31(6)59(46)49)34-14-12-33(13-15-34)36-18-19-40(37(20-36)22-51)64-24-41(61)55-45(50(7,8)9)48(63)58-23-38(60)21-39(58)47(62)54-27(2)32-10-16-35(17-11-32)44-28(3)52-25-65-44/h10-20,25,27,29,38-39,45,60H,21,23-24H2,1-9H3,(H,54,62)(H,55,61)/t27?,29-,38+,39-,45?/m0/s1. The van der Waals surface area contributed by atoms with E-state index < -0.39 is 47.9 Å². The zero-order chi connectivity index (χ0) is 47.2. The number of fused-ring (bicyclic) bond motifs is 3. The first-order chi connectivity index (χ1) is 31.4. The maximum Gasteiger partial charge on any atom is 0.258 e. The van der Waals surface area contributed by atoms with Crippen molar-refractivity contribution >= 4 is 46.1 Å². The molecule has 66 heavy (non-hydrogen) atoms. The number of carbonyl (C=O) groups is 3. The Morgan fingerprint density at radius 2 is 1.64 bits per heavy atom. The van der Waals surface area contributed by atoms with E-state index in [1.165, 1.54) is 15.3 Å². The lowest BCUT2D eigenvalue weighted by Gasteiger charge is -2.35.